The maximum absolute atomic E-state index is 8.76. The molecule has 0 saturated carbocycles. The second-order valence-electron chi connectivity index (χ2n) is 4.39. The van der Waals surface area contributed by atoms with E-state index in [1.54, 1.807) is 19.2 Å². The van der Waals surface area contributed by atoms with Crippen LogP contribution in [0.1, 0.15) is 5.56 Å². The fourth-order valence-corrected chi connectivity index (χ4v) is 1.29. The molecule has 134 valence electrons. The molecule has 0 bridgehead atoms. The number of aliphatic hydroxyl groups excluding tert-OH is 1. The molecule has 23 heavy (non-hydrogen) atoms. The molecule has 0 aliphatic heterocycles. The third kappa shape index (κ3) is 19.5. The van der Waals surface area contributed by atoms with Crippen molar-refractivity contribution in [2.75, 3.05) is 60.0 Å². The zero-order valence-corrected chi connectivity index (χ0v) is 16.8. The van der Waals surface area contributed by atoms with Gasteiger partial charge in [0.15, 0.2) is 0 Å². The molecular formula is C16H28O6W. The van der Waals surface area contributed by atoms with Crippen molar-refractivity contribution < 1.29 is 50.2 Å². The van der Waals surface area contributed by atoms with Crippen molar-refractivity contribution in [1.29, 1.82) is 0 Å². The number of benzene rings is 1. The van der Waals surface area contributed by atoms with E-state index < -0.39 is 0 Å². The van der Waals surface area contributed by atoms with Crippen LogP contribution in [0.15, 0.2) is 24.3 Å². The molecule has 2 N–H and O–H groups in total. The van der Waals surface area contributed by atoms with Gasteiger partial charge in [-0.2, -0.15) is 0 Å². The van der Waals surface area contributed by atoms with Crippen LogP contribution in [-0.4, -0.2) is 70.2 Å². The van der Waals surface area contributed by atoms with Crippen molar-refractivity contribution in [2.45, 2.75) is 6.92 Å². The zero-order valence-electron chi connectivity index (χ0n) is 13.9. The minimum atomic E-state index is 0. The van der Waals surface area contributed by atoms with E-state index in [4.69, 9.17) is 29.2 Å². The number of hydrogen-bond acceptors (Lipinski definition) is 6. The van der Waals surface area contributed by atoms with Gasteiger partial charge >= 0.3 is 0 Å². The molecule has 0 saturated heterocycles. The van der Waals surface area contributed by atoms with Gasteiger partial charge in [0.1, 0.15) is 5.75 Å². The Bertz CT molecular complexity index is 301. The van der Waals surface area contributed by atoms with Crippen LogP contribution in [0.2, 0.25) is 0 Å². The fraction of sp³-hybridized carbons (Fsp3) is 0.625. The van der Waals surface area contributed by atoms with Crippen LogP contribution in [0.3, 0.4) is 0 Å². The van der Waals surface area contributed by atoms with Crippen LogP contribution in [0.4, 0.5) is 0 Å². The Morgan fingerprint density at radius 1 is 0.783 bits per heavy atom. The molecule has 0 aliphatic rings. The number of rotatable bonds is 11. The summed E-state index contributed by atoms with van der Waals surface area (Å²) in [5.74, 6) is 0.329. The fourth-order valence-electron chi connectivity index (χ4n) is 1.29. The maximum atomic E-state index is 8.76. The Morgan fingerprint density at radius 2 is 1.22 bits per heavy atom. The SMILES string of the molecule is COCCOCCOCCOCCO.Cc1ccc(O)cc1.[W]. The summed E-state index contributed by atoms with van der Waals surface area (Å²) in [5, 5.41) is 17.1. The summed E-state index contributed by atoms with van der Waals surface area (Å²) in [6.07, 6.45) is 0. The first-order chi connectivity index (χ1) is 10.7. The Labute approximate surface area is 153 Å². The van der Waals surface area contributed by atoms with Gasteiger partial charge < -0.3 is 29.2 Å². The van der Waals surface area contributed by atoms with Gasteiger partial charge in [0, 0.05) is 28.2 Å². The van der Waals surface area contributed by atoms with Gasteiger partial charge in [-0.3, -0.25) is 0 Å². The Hall–Kier alpha value is -0.492. The number of aryl methyl sites for hydroxylation is 1. The number of phenolic OH excluding ortho intramolecular Hbond substituents is 1. The summed E-state index contributed by atoms with van der Waals surface area (Å²) in [7, 11) is 1.64. The van der Waals surface area contributed by atoms with E-state index in [0.29, 0.717) is 52.0 Å². The van der Waals surface area contributed by atoms with Crippen molar-refractivity contribution in [3.63, 3.8) is 0 Å². The molecule has 0 spiro atoms. The summed E-state index contributed by atoms with van der Waals surface area (Å²) in [5.41, 5.74) is 1.17. The van der Waals surface area contributed by atoms with Crippen LogP contribution in [0, 0.1) is 6.92 Å². The molecule has 0 radical (unpaired) electrons. The van der Waals surface area contributed by atoms with E-state index in [1.807, 2.05) is 19.1 Å². The Morgan fingerprint density at radius 3 is 1.61 bits per heavy atom. The second-order valence-corrected chi connectivity index (χ2v) is 4.39. The van der Waals surface area contributed by atoms with Gasteiger partial charge in [0.05, 0.1) is 52.9 Å². The van der Waals surface area contributed by atoms with Crippen LogP contribution in [0.5, 0.6) is 5.75 Å². The summed E-state index contributed by atoms with van der Waals surface area (Å²) >= 11 is 0. The van der Waals surface area contributed by atoms with E-state index >= 15 is 0 Å². The number of hydrogen-bond donors (Lipinski definition) is 2. The zero-order chi connectivity index (χ0) is 16.5. The molecule has 1 aromatic rings. The van der Waals surface area contributed by atoms with Gasteiger partial charge in [-0.05, 0) is 19.1 Å². The molecule has 1 rings (SSSR count). The molecule has 0 amide bonds. The normalized spacial score (nSPS) is 9.70. The van der Waals surface area contributed by atoms with E-state index in [9.17, 15) is 0 Å². The van der Waals surface area contributed by atoms with Crippen molar-refractivity contribution >= 4 is 0 Å². The second kappa shape index (κ2) is 19.6. The maximum Gasteiger partial charge on any atom is 0.115 e. The van der Waals surface area contributed by atoms with Crippen molar-refractivity contribution in [2.24, 2.45) is 0 Å². The quantitative estimate of drug-likeness (QED) is 0.448. The van der Waals surface area contributed by atoms with Gasteiger partial charge in [-0.1, -0.05) is 17.7 Å². The smallest absolute Gasteiger partial charge is 0.115 e. The molecule has 0 atom stereocenters. The van der Waals surface area contributed by atoms with Crippen LogP contribution in [0.25, 0.3) is 0 Å². The van der Waals surface area contributed by atoms with E-state index in [-0.39, 0.29) is 27.7 Å². The standard InChI is InChI=1S/C9H20O5.C7H8O.W/c1-11-4-5-13-8-9-14-7-6-12-3-2-10;1-6-2-4-7(8)5-3-6;/h10H,2-9H2,1H3;2-5,8H,1H3;. The molecule has 1 aromatic carbocycles. The summed E-state index contributed by atoms with van der Waals surface area (Å²) in [6.45, 7) is 5.80. The Balaban J connectivity index is 0. The summed E-state index contributed by atoms with van der Waals surface area (Å²) in [6, 6.07) is 7.09. The first kappa shape index (κ1) is 24.8. The topological polar surface area (TPSA) is 77.4 Å². The minimum Gasteiger partial charge on any atom is -0.508 e. The van der Waals surface area contributed by atoms with E-state index in [0.717, 1.165) is 0 Å². The van der Waals surface area contributed by atoms with Crippen molar-refractivity contribution in [3.8, 4) is 5.75 Å². The predicted octanol–water partition coefficient (Wildman–Crippen LogP) is 1.37. The Kier molecular flexibility index (Phi) is 21.0. The number of aromatic hydroxyl groups is 1. The largest absolute Gasteiger partial charge is 0.508 e. The average Bonchev–Trinajstić information content (AvgIpc) is 2.53. The molecule has 6 nitrogen and oxygen atoms in total. The molecule has 0 unspecified atom stereocenters. The van der Waals surface area contributed by atoms with E-state index in [1.165, 1.54) is 5.56 Å². The minimum absolute atomic E-state index is 0. The summed E-state index contributed by atoms with van der Waals surface area (Å²) in [4.78, 5) is 0. The molecule has 0 aliphatic carbocycles. The molecule has 0 fully saturated rings. The first-order valence-corrected chi connectivity index (χ1v) is 7.29. The first-order valence-electron chi connectivity index (χ1n) is 7.29. The van der Waals surface area contributed by atoms with Crippen LogP contribution >= 0.6 is 0 Å². The third-order valence-corrected chi connectivity index (χ3v) is 2.45. The predicted molar refractivity (Wildman–Crippen MR) is 84.3 cm³/mol. The molecule has 0 heterocycles. The number of methoxy groups -OCH3 is 1. The summed E-state index contributed by atoms with van der Waals surface area (Å²) < 4.78 is 20.2. The van der Waals surface area contributed by atoms with Crippen molar-refractivity contribution in [3.05, 3.63) is 29.8 Å². The number of phenols is 1. The monoisotopic (exact) mass is 500 g/mol. The van der Waals surface area contributed by atoms with Gasteiger partial charge in [0.2, 0.25) is 0 Å². The van der Waals surface area contributed by atoms with Crippen LogP contribution in [-0.2, 0) is 40.0 Å². The van der Waals surface area contributed by atoms with Gasteiger partial charge in [-0.15, -0.1) is 0 Å². The van der Waals surface area contributed by atoms with E-state index in [2.05, 4.69) is 0 Å². The third-order valence-electron chi connectivity index (χ3n) is 2.45. The average molecular weight is 500 g/mol. The number of aliphatic hydroxyl groups is 1. The molecule has 7 heteroatoms. The van der Waals surface area contributed by atoms with Crippen molar-refractivity contribution in [1.82, 2.24) is 0 Å². The number of ether oxygens (including phenoxy) is 4. The molecule has 0 aromatic heterocycles. The van der Waals surface area contributed by atoms with Gasteiger partial charge in [0.25, 0.3) is 0 Å². The molecular weight excluding hydrogens is 472 g/mol. The van der Waals surface area contributed by atoms with Crippen LogP contribution < -0.4 is 0 Å². The van der Waals surface area contributed by atoms with Gasteiger partial charge in [-0.25, -0.2) is 0 Å².